The summed E-state index contributed by atoms with van der Waals surface area (Å²) in [6.07, 6.45) is 83.1. The lowest BCUT2D eigenvalue weighted by molar-refractivity contribution is -0.161. The molecule has 0 spiro atoms. The molecular formula is C83H140O17P2. The number of rotatable bonds is 73. The molecule has 5 atom stereocenters. The maximum atomic E-state index is 13.1. The van der Waals surface area contributed by atoms with Crippen LogP contribution in [0.1, 0.15) is 310 Å². The number of hydrogen-bond donors (Lipinski definition) is 3. The van der Waals surface area contributed by atoms with E-state index < -0.39 is 97.5 Å². The molecule has 0 bridgehead atoms. The van der Waals surface area contributed by atoms with Crippen LogP contribution in [0.2, 0.25) is 0 Å². The van der Waals surface area contributed by atoms with Crippen LogP contribution < -0.4 is 0 Å². The molecule has 0 aliphatic rings. The fourth-order valence-electron chi connectivity index (χ4n) is 10.1. The number of aliphatic hydroxyl groups is 1. The van der Waals surface area contributed by atoms with Crippen molar-refractivity contribution < 1.29 is 80.2 Å². The number of aliphatic hydroxyl groups excluding tert-OH is 1. The summed E-state index contributed by atoms with van der Waals surface area (Å²) in [5.74, 6) is -2.28. The minimum Gasteiger partial charge on any atom is -0.462 e. The number of hydrogen-bond acceptors (Lipinski definition) is 15. The van der Waals surface area contributed by atoms with Gasteiger partial charge in [0.25, 0.3) is 0 Å². The molecule has 17 nitrogen and oxygen atoms in total. The van der Waals surface area contributed by atoms with E-state index in [9.17, 15) is 43.2 Å². The highest BCUT2D eigenvalue weighted by atomic mass is 31.2. The molecule has 3 N–H and O–H groups in total. The van der Waals surface area contributed by atoms with E-state index in [0.717, 1.165) is 148 Å². The van der Waals surface area contributed by atoms with Crippen LogP contribution in [0, 0.1) is 0 Å². The summed E-state index contributed by atoms with van der Waals surface area (Å²) < 4.78 is 68.4. The summed E-state index contributed by atoms with van der Waals surface area (Å²) in [7, 11) is -9.98. The Balaban J connectivity index is 5.40. The van der Waals surface area contributed by atoms with Gasteiger partial charge in [0.05, 0.1) is 26.4 Å². The summed E-state index contributed by atoms with van der Waals surface area (Å²) in [4.78, 5) is 72.9. The van der Waals surface area contributed by atoms with Crippen LogP contribution in [0.5, 0.6) is 0 Å². The molecule has 0 saturated heterocycles. The molecule has 102 heavy (non-hydrogen) atoms. The van der Waals surface area contributed by atoms with Crippen molar-refractivity contribution in [3.8, 4) is 0 Å². The van der Waals surface area contributed by atoms with E-state index in [4.69, 9.17) is 37.0 Å². The van der Waals surface area contributed by atoms with E-state index in [1.54, 1.807) is 0 Å². The van der Waals surface area contributed by atoms with Crippen LogP contribution in [0.3, 0.4) is 0 Å². The van der Waals surface area contributed by atoms with Gasteiger partial charge in [-0.15, -0.1) is 0 Å². The largest absolute Gasteiger partial charge is 0.472 e. The second-order valence-corrected chi connectivity index (χ2v) is 28.8. The van der Waals surface area contributed by atoms with Gasteiger partial charge < -0.3 is 33.8 Å². The number of esters is 4. The average molecular weight is 1470 g/mol. The van der Waals surface area contributed by atoms with E-state index in [0.29, 0.717) is 32.1 Å². The second kappa shape index (κ2) is 74.5. The third-order valence-electron chi connectivity index (χ3n) is 16.1. The van der Waals surface area contributed by atoms with E-state index in [2.05, 4.69) is 149 Å². The first-order valence-corrected chi connectivity index (χ1v) is 42.4. The molecule has 0 fully saturated rings. The average Bonchev–Trinajstić information content (AvgIpc) is 0.939. The lowest BCUT2D eigenvalue weighted by atomic mass is 10.0. The van der Waals surface area contributed by atoms with Crippen LogP contribution in [0.4, 0.5) is 0 Å². The van der Waals surface area contributed by atoms with E-state index in [1.165, 1.54) is 77.0 Å². The Morgan fingerprint density at radius 3 is 0.873 bits per heavy atom. The van der Waals surface area contributed by atoms with Crippen molar-refractivity contribution in [1.29, 1.82) is 0 Å². The fraction of sp³-hybridized carbons (Fsp3) is 0.687. The van der Waals surface area contributed by atoms with Gasteiger partial charge in [0.1, 0.15) is 19.3 Å². The van der Waals surface area contributed by atoms with Gasteiger partial charge in [0, 0.05) is 25.7 Å². The van der Waals surface area contributed by atoms with Crippen LogP contribution in [0.25, 0.3) is 0 Å². The van der Waals surface area contributed by atoms with Crippen molar-refractivity contribution in [2.45, 2.75) is 329 Å². The topological polar surface area (TPSA) is 237 Å². The normalized spacial score (nSPS) is 14.6. The van der Waals surface area contributed by atoms with Crippen molar-refractivity contribution in [1.82, 2.24) is 0 Å². The van der Waals surface area contributed by atoms with E-state index in [-0.39, 0.29) is 25.7 Å². The van der Waals surface area contributed by atoms with Crippen molar-refractivity contribution in [3.63, 3.8) is 0 Å². The van der Waals surface area contributed by atoms with Gasteiger partial charge in [-0.3, -0.25) is 37.3 Å². The maximum absolute atomic E-state index is 13.1. The van der Waals surface area contributed by atoms with Crippen LogP contribution in [0.15, 0.2) is 134 Å². The molecule has 0 aromatic heterocycles. The monoisotopic (exact) mass is 1470 g/mol. The molecule has 0 aromatic rings. The molecule has 19 heteroatoms. The molecule has 0 rings (SSSR count). The van der Waals surface area contributed by atoms with Crippen molar-refractivity contribution in [2.75, 3.05) is 39.6 Å². The number of carbonyl (C=O) groups excluding carboxylic acids is 4. The number of phosphoric ester groups is 2. The van der Waals surface area contributed by atoms with Gasteiger partial charge in [-0.2, -0.15) is 0 Å². The second-order valence-electron chi connectivity index (χ2n) is 25.9. The lowest BCUT2D eigenvalue weighted by Crippen LogP contribution is -2.30. The summed E-state index contributed by atoms with van der Waals surface area (Å²) in [5, 5.41) is 10.6. The number of ether oxygens (including phenoxy) is 4. The SMILES string of the molecule is CC/C=C\C/C=C\C/C=C\C/C=C\C/C=C\CCCCCC(=O)OCC(COP(=O)(O)OCC(O)COP(=O)(O)OCC(COC(=O)CCC/C=C\C/C=C\C/C=C\C/C=C\C/C=C\CC)OC(=O)CCCCCCC/C=C\CCCC)OC(=O)CCCCCCCCCCCCCCCCC. The maximum Gasteiger partial charge on any atom is 0.472 e. The Bertz CT molecular complexity index is 2460. The molecule has 0 amide bonds. The molecule has 0 saturated carbocycles. The Morgan fingerprint density at radius 2 is 0.529 bits per heavy atom. The highest BCUT2D eigenvalue weighted by Crippen LogP contribution is 2.45. The Morgan fingerprint density at radius 1 is 0.284 bits per heavy atom. The Hall–Kier alpha value is -4.80. The third-order valence-corrected chi connectivity index (χ3v) is 18.0. The summed E-state index contributed by atoms with van der Waals surface area (Å²) >= 11 is 0. The fourth-order valence-corrected chi connectivity index (χ4v) is 11.7. The quantitative estimate of drug-likeness (QED) is 0.0169. The predicted molar refractivity (Wildman–Crippen MR) is 418 cm³/mol. The first kappa shape index (κ1) is 97.2. The lowest BCUT2D eigenvalue weighted by Gasteiger charge is -2.21. The van der Waals surface area contributed by atoms with Crippen molar-refractivity contribution in [3.05, 3.63) is 134 Å². The first-order chi connectivity index (χ1) is 49.7. The van der Waals surface area contributed by atoms with Gasteiger partial charge >= 0.3 is 39.5 Å². The van der Waals surface area contributed by atoms with Gasteiger partial charge in [0.15, 0.2) is 12.2 Å². The summed E-state index contributed by atoms with van der Waals surface area (Å²) in [6, 6.07) is 0. The predicted octanol–water partition coefficient (Wildman–Crippen LogP) is 22.9. The molecule has 5 unspecified atom stereocenters. The summed E-state index contributed by atoms with van der Waals surface area (Å²) in [5.41, 5.74) is 0. The van der Waals surface area contributed by atoms with Crippen molar-refractivity contribution >= 4 is 39.5 Å². The zero-order valence-electron chi connectivity index (χ0n) is 63.7. The number of unbranched alkanes of at least 4 members (excludes halogenated alkanes) is 25. The number of phosphoric acid groups is 2. The van der Waals surface area contributed by atoms with Crippen LogP contribution in [-0.2, 0) is 65.4 Å². The zero-order chi connectivity index (χ0) is 74.6. The zero-order valence-corrected chi connectivity index (χ0v) is 65.5. The molecule has 584 valence electrons. The third kappa shape index (κ3) is 73.5. The molecular weight excluding hydrogens is 1330 g/mol. The molecule has 0 aliphatic carbocycles. The van der Waals surface area contributed by atoms with E-state index >= 15 is 0 Å². The first-order valence-electron chi connectivity index (χ1n) is 39.4. The molecule has 0 aliphatic heterocycles. The molecule has 0 radical (unpaired) electrons. The smallest absolute Gasteiger partial charge is 0.462 e. The van der Waals surface area contributed by atoms with Gasteiger partial charge in [-0.1, -0.05) is 290 Å². The van der Waals surface area contributed by atoms with Gasteiger partial charge in [-0.25, -0.2) is 9.13 Å². The van der Waals surface area contributed by atoms with Crippen LogP contribution >= 0.6 is 15.6 Å². The summed E-state index contributed by atoms with van der Waals surface area (Å²) in [6.45, 7) is 4.51. The minimum absolute atomic E-state index is 0.0691. The van der Waals surface area contributed by atoms with Gasteiger partial charge in [0.2, 0.25) is 0 Å². The number of allylic oxidation sites excluding steroid dienone is 22. The number of carbonyl (C=O) groups is 4. The molecule has 0 aromatic carbocycles. The minimum atomic E-state index is -4.99. The highest BCUT2D eigenvalue weighted by molar-refractivity contribution is 7.47. The Kier molecular flexibility index (Phi) is 71.0. The Labute approximate surface area is 618 Å². The standard InChI is InChI=1S/C83H140O17P2/c1-5-9-13-17-21-25-29-32-35-37-38-40-43-45-49-52-56-60-64-68-81(86)94-74-79(100-83(88)70-66-62-58-54-50-46-41-34-31-27-23-19-15-11-7-3)76-98-102(91,92)96-72-77(84)71-95-101(89,90)97-75-78(99-82(87)69-65-61-57-53-47-28-24-20-16-12-8-4)73-93-80(85)67-63-59-55-51-48-44-42-39-36-33-30-26-22-18-14-10-6-2/h9-10,13-14,20-22,24-26,32-33,35-36,38,40,42,44-45,49,51,55,77-79,84H,5-8,11-12,15-19,23,27-31,34,37,39,41,43,46-48,50,52-54,56-76H2,1-4H3,(H,89,90)(H,91,92)/b13-9-,14-10-,24-20-,25-21-,26-22-,35-32-,36-33-,40-38-,44-42-,49-45-,55-51-. The van der Waals surface area contributed by atoms with Crippen LogP contribution in [-0.4, -0.2) is 96.7 Å². The van der Waals surface area contributed by atoms with Gasteiger partial charge in [-0.05, 0) is 128 Å². The van der Waals surface area contributed by atoms with E-state index in [1.807, 2.05) is 12.2 Å². The highest BCUT2D eigenvalue weighted by Gasteiger charge is 2.30. The van der Waals surface area contributed by atoms with Crippen molar-refractivity contribution in [2.24, 2.45) is 0 Å². The molecule has 0 heterocycles.